The normalized spacial score (nSPS) is 18.3. The van der Waals surface area contributed by atoms with E-state index < -0.39 is 0 Å². The molecule has 4 nitrogen and oxygen atoms in total. The molecule has 1 unspecified atom stereocenters. The number of nitrogens with zero attached hydrogens (tertiary/aromatic N) is 1. The third kappa shape index (κ3) is 3.31. The molecule has 20 heavy (non-hydrogen) atoms. The number of aliphatic hydroxyl groups excluding tert-OH is 1. The summed E-state index contributed by atoms with van der Waals surface area (Å²) in [6.07, 6.45) is 3.77. The molecule has 1 aliphatic heterocycles. The average Bonchev–Trinajstić information content (AvgIpc) is 2.93. The van der Waals surface area contributed by atoms with E-state index in [9.17, 15) is 4.79 Å². The van der Waals surface area contributed by atoms with Crippen molar-refractivity contribution >= 4 is 11.6 Å². The van der Waals surface area contributed by atoms with Gasteiger partial charge in [-0.25, -0.2) is 0 Å². The van der Waals surface area contributed by atoms with Crippen LogP contribution in [0.4, 0.5) is 5.69 Å². The zero-order chi connectivity index (χ0) is 14.4. The lowest BCUT2D eigenvalue weighted by Crippen LogP contribution is -2.36. The first-order chi connectivity index (χ1) is 9.77. The van der Waals surface area contributed by atoms with Gasteiger partial charge in [0.1, 0.15) is 0 Å². The smallest absolute Gasteiger partial charge is 0.256 e. The van der Waals surface area contributed by atoms with E-state index in [1.807, 2.05) is 36.1 Å². The Balaban J connectivity index is 2.13. The van der Waals surface area contributed by atoms with Gasteiger partial charge in [0, 0.05) is 31.4 Å². The molecule has 1 amide bonds. The summed E-state index contributed by atoms with van der Waals surface area (Å²) < 4.78 is 0. The maximum Gasteiger partial charge on any atom is 0.256 e. The number of rotatable bonds is 6. The molecule has 1 heterocycles. The standard InChI is InChI=1S/C16H24N2O2/c1-2-17-15-10-4-3-9-14(15)16(20)18-11-5-7-13(18)8-6-12-19/h3-4,9-10,13,17,19H,2,5-8,11-12H2,1H3. The van der Waals surface area contributed by atoms with Gasteiger partial charge in [0.25, 0.3) is 5.91 Å². The highest BCUT2D eigenvalue weighted by Gasteiger charge is 2.29. The Bertz CT molecular complexity index is 448. The van der Waals surface area contributed by atoms with Crippen LogP contribution in [-0.4, -0.2) is 41.7 Å². The lowest BCUT2D eigenvalue weighted by atomic mass is 10.1. The summed E-state index contributed by atoms with van der Waals surface area (Å²) in [4.78, 5) is 14.7. The topological polar surface area (TPSA) is 52.6 Å². The van der Waals surface area contributed by atoms with Crippen LogP contribution >= 0.6 is 0 Å². The first-order valence-corrected chi connectivity index (χ1v) is 7.52. The van der Waals surface area contributed by atoms with Gasteiger partial charge in [-0.2, -0.15) is 0 Å². The van der Waals surface area contributed by atoms with Crippen molar-refractivity contribution in [3.05, 3.63) is 29.8 Å². The molecule has 1 aromatic carbocycles. The van der Waals surface area contributed by atoms with E-state index in [0.29, 0.717) is 0 Å². The van der Waals surface area contributed by atoms with Crippen LogP contribution in [0, 0.1) is 0 Å². The highest BCUT2D eigenvalue weighted by Crippen LogP contribution is 2.26. The molecule has 1 aliphatic rings. The molecule has 1 atom stereocenters. The molecule has 0 aliphatic carbocycles. The van der Waals surface area contributed by atoms with E-state index in [2.05, 4.69) is 5.32 Å². The van der Waals surface area contributed by atoms with E-state index in [1.54, 1.807) is 0 Å². The second kappa shape index (κ2) is 7.29. The van der Waals surface area contributed by atoms with Crippen molar-refractivity contribution in [3.63, 3.8) is 0 Å². The Morgan fingerprint density at radius 2 is 2.25 bits per heavy atom. The highest BCUT2D eigenvalue weighted by atomic mass is 16.3. The van der Waals surface area contributed by atoms with Gasteiger partial charge in [-0.1, -0.05) is 12.1 Å². The van der Waals surface area contributed by atoms with Gasteiger partial charge in [0.05, 0.1) is 5.56 Å². The minimum atomic E-state index is 0.113. The van der Waals surface area contributed by atoms with Crippen LogP contribution in [-0.2, 0) is 0 Å². The van der Waals surface area contributed by atoms with Crippen molar-refractivity contribution in [2.24, 2.45) is 0 Å². The Morgan fingerprint density at radius 3 is 3.00 bits per heavy atom. The summed E-state index contributed by atoms with van der Waals surface area (Å²) in [5, 5.41) is 12.2. The molecule has 110 valence electrons. The Morgan fingerprint density at radius 1 is 1.45 bits per heavy atom. The third-order valence-corrected chi connectivity index (χ3v) is 3.86. The summed E-state index contributed by atoms with van der Waals surface area (Å²) in [6, 6.07) is 7.98. The number of hydrogen-bond donors (Lipinski definition) is 2. The van der Waals surface area contributed by atoms with Gasteiger partial charge < -0.3 is 15.3 Å². The number of likely N-dealkylation sites (tertiary alicyclic amines) is 1. The van der Waals surface area contributed by atoms with Gasteiger partial charge in [-0.3, -0.25) is 4.79 Å². The summed E-state index contributed by atoms with van der Waals surface area (Å²) in [5.74, 6) is 0.113. The zero-order valence-corrected chi connectivity index (χ0v) is 12.1. The predicted molar refractivity (Wildman–Crippen MR) is 81.0 cm³/mol. The number of hydrogen-bond acceptors (Lipinski definition) is 3. The minimum absolute atomic E-state index is 0.113. The average molecular weight is 276 g/mol. The molecule has 0 radical (unpaired) electrons. The fraction of sp³-hybridized carbons (Fsp3) is 0.562. The van der Waals surface area contributed by atoms with Crippen molar-refractivity contribution in [1.29, 1.82) is 0 Å². The largest absolute Gasteiger partial charge is 0.396 e. The lowest BCUT2D eigenvalue weighted by Gasteiger charge is -2.25. The first-order valence-electron chi connectivity index (χ1n) is 7.52. The molecular weight excluding hydrogens is 252 g/mol. The molecule has 2 N–H and O–H groups in total. The third-order valence-electron chi connectivity index (χ3n) is 3.86. The highest BCUT2D eigenvalue weighted by molar-refractivity contribution is 5.99. The number of anilines is 1. The molecule has 1 aromatic rings. The number of benzene rings is 1. The fourth-order valence-electron chi connectivity index (χ4n) is 2.90. The van der Waals surface area contributed by atoms with Gasteiger partial charge in [-0.05, 0) is 44.7 Å². The summed E-state index contributed by atoms with van der Waals surface area (Å²) >= 11 is 0. The second-order valence-electron chi connectivity index (χ2n) is 5.24. The molecule has 4 heteroatoms. The van der Waals surface area contributed by atoms with Crippen LogP contribution in [0.5, 0.6) is 0 Å². The number of nitrogens with one attached hydrogen (secondary N) is 1. The second-order valence-corrected chi connectivity index (χ2v) is 5.24. The van der Waals surface area contributed by atoms with Gasteiger partial charge in [-0.15, -0.1) is 0 Å². The summed E-state index contributed by atoms with van der Waals surface area (Å²) in [6.45, 7) is 3.86. The molecule has 0 spiro atoms. The monoisotopic (exact) mass is 276 g/mol. The Labute approximate surface area is 120 Å². The van der Waals surface area contributed by atoms with Crippen molar-refractivity contribution in [2.45, 2.75) is 38.6 Å². The number of carbonyl (C=O) groups excluding carboxylic acids is 1. The number of para-hydroxylation sites is 1. The number of aliphatic hydroxyl groups is 1. The van der Waals surface area contributed by atoms with E-state index >= 15 is 0 Å². The molecule has 0 aromatic heterocycles. The maximum atomic E-state index is 12.7. The van der Waals surface area contributed by atoms with Crippen molar-refractivity contribution < 1.29 is 9.90 Å². The fourth-order valence-corrected chi connectivity index (χ4v) is 2.90. The van der Waals surface area contributed by atoms with E-state index in [4.69, 9.17) is 5.11 Å². The molecule has 2 rings (SSSR count). The predicted octanol–water partition coefficient (Wildman–Crippen LogP) is 2.50. The maximum absolute atomic E-state index is 12.7. The molecular formula is C16H24N2O2. The van der Waals surface area contributed by atoms with Crippen LogP contribution in [0.2, 0.25) is 0 Å². The van der Waals surface area contributed by atoms with Gasteiger partial charge in [0.15, 0.2) is 0 Å². The SMILES string of the molecule is CCNc1ccccc1C(=O)N1CCCC1CCCO. The van der Waals surface area contributed by atoms with Crippen molar-refractivity contribution in [3.8, 4) is 0 Å². The van der Waals surface area contributed by atoms with Gasteiger partial charge >= 0.3 is 0 Å². The Hall–Kier alpha value is -1.55. The van der Waals surface area contributed by atoms with Crippen molar-refractivity contribution in [2.75, 3.05) is 25.0 Å². The van der Waals surface area contributed by atoms with E-state index in [-0.39, 0.29) is 18.6 Å². The van der Waals surface area contributed by atoms with E-state index in [1.165, 1.54) is 0 Å². The van der Waals surface area contributed by atoms with E-state index in [0.717, 1.165) is 50.0 Å². The van der Waals surface area contributed by atoms with Crippen LogP contribution in [0.3, 0.4) is 0 Å². The van der Waals surface area contributed by atoms with Crippen LogP contribution in [0.1, 0.15) is 43.0 Å². The van der Waals surface area contributed by atoms with Gasteiger partial charge in [0.2, 0.25) is 0 Å². The molecule has 0 bridgehead atoms. The summed E-state index contributed by atoms with van der Waals surface area (Å²) in [5.41, 5.74) is 1.66. The number of carbonyl (C=O) groups is 1. The Kier molecular flexibility index (Phi) is 5.41. The van der Waals surface area contributed by atoms with Crippen LogP contribution < -0.4 is 5.32 Å². The zero-order valence-electron chi connectivity index (χ0n) is 12.1. The first kappa shape index (κ1) is 14.9. The molecule has 1 fully saturated rings. The summed E-state index contributed by atoms with van der Waals surface area (Å²) in [7, 11) is 0. The number of amides is 1. The molecule has 0 saturated carbocycles. The van der Waals surface area contributed by atoms with Crippen LogP contribution in [0.25, 0.3) is 0 Å². The van der Waals surface area contributed by atoms with Crippen molar-refractivity contribution in [1.82, 2.24) is 4.90 Å². The molecule has 1 saturated heterocycles. The van der Waals surface area contributed by atoms with Crippen LogP contribution in [0.15, 0.2) is 24.3 Å². The minimum Gasteiger partial charge on any atom is -0.396 e. The lowest BCUT2D eigenvalue weighted by molar-refractivity contribution is 0.0725. The quantitative estimate of drug-likeness (QED) is 0.839.